The fraction of sp³-hybridized carbons (Fsp3) is 0.636. The Morgan fingerprint density at radius 2 is 2.21 bits per heavy atom. The number of methoxy groups -OCH3 is 1. The van der Waals surface area contributed by atoms with E-state index in [1.807, 2.05) is 18.9 Å². The number of ether oxygens (including phenoxy) is 1. The second-order valence-electron chi connectivity index (χ2n) is 3.70. The highest BCUT2D eigenvalue weighted by atomic mass is 19.1. The molecule has 0 bridgehead atoms. The number of hydrogen-bond donors (Lipinski definition) is 0. The third-order valence-corrected chi connectivity index (χ3v) is 2.50. The summed E-state index contributed by atoms with van der Waals surface area (Å²) in [4.78, 5) is 1.93. The van der Waals surface area contributed by atoms with Crippen molar-refractivity contribution in [3.05, 3.63) is 23.2 Å². The van der Waals surface area contributed by atoms with Crippen molar-refractivity contribution in [1.29, 1.82) is 0 Å². The minimum atomic E-state index is -0.0904. The minimum Gasteiger partial charge on any atom is -0.383 e. The fourth-order valence-corrected chi connectivity index (χ4v) is 1.54. The summed E-state index contributed by atoms with van der Waals surface area (Å²) >= 11 is 0. The molecule has 1 aliphatic rings. The van der Waals surface area contributed by atoms with Gasteiger partial charge in [-0.05, 0) is 25.8 Å². The van der Waals surface area contributed by atoms with Crippen molar-refractivity contribution in [2.24, 2.45) is 0 Å². The van der Waals surface area contributed by atoms with E-state index in [2.05, 4.69) is 0 Å². The summed E-state index contributed by atoms with van der Waals surface area (Å²) in [5.41, 5.74) is 1.92. The Bertz CT molecular complexity index is 258. The van der Waals surface area contributed by atoms with Crippen LogP contribution in [0, 0.1) is 0 Å². The van der Waals surface area contributed by atoms with E-state index >= 15 is 0 Å². The Hall–Kier alpha value is -0.830. The van der Waals surface area contributed by atoms with Gasteiger partial charge in [-0.25, -0.2) is 4.39 Å². The third kappa shape index (κ3) is 2.84. The lowest BCUT2D eigenvalue weighted by Gasteiger charge is -2.25. The van der Waals surface area contributed by atoms with E-state index in [0.29, 0.717) is 6.61 Å². The molecule has 14 heavy (non-hydrogen) atoms. The molecular formula is C11H18FNO. The summed E-state index contributed by atoms with van der Waals surface area (Å²) in [7, 11) is 3.56. The Balaban J connectivity index is 2.62. The summed E-state index contributed by atoms with van der Waals surface area (Å²) in [6, 6.07) is 0. The zero-order valence-electron chi connectivity index (χ0n) is 9.14. The average molecular weight is 199 g/mol. The van der Waals surface area contributed by atoms with Crippen molar-refractivity contribution in [2.75, 3.05) is 27.3 Å². The zero-order valence-corrected chi connectivity index (χ0v) is 9.14. The first kappa shape index (κ1) is 11.2. The van der Waals surface area contributed by atoms with Gasteiger partial charge in [-0.2, -0.15) is 0 Å². The highest BCUT2D eigenvalue weighted by Crippen LogP contribution is 2.26. The van der Waals surface area contributed by atoms with Crippen LogP contribution in [0.3, 0.4) is 0 Å². The van der Waals surface area contributed by atoms with E-state index in [-0.39, 0.29) is 5.83 Å². The lowest BCUT2D eigenvalue weighted by molar-refractivity contribution is 0.171. The molecule has 0 fully saturated rings. The Morgan fingerprint density at radius 1 is 1.50 bits per heavy atom. The molecule has 0 unspecified atom stereocenters. The van der Waals surface area contributed by atoms with Gasteiger partial charge in [0.1, 0.15) is 5.83 Å². The average Bonchev–Trinajstić information content (AvgIpc) is 2.14. The van der Waals surface area contributed by atoms with Crippen LogP contribution in [-0.2, 0) is 4.74 Å². The van der Waals surface area contributed by atoms with Crippen LogP contribution in [0.5, 0.6) is 0 Å². The van der Waals surface area contributed by atoms with Gasteiger partial charge in [0.25, 0.3) is 0 Å². The molecule has 0 amide bonds. The highest BCUT2D eigenvalue weighted by molar-refractivity contribution is 5.27. The molecule has 80 valence electrons. The topological polar surface area (TPSA) is 12.5 Å². The van der Waals surface area contributed by atoms with Gasteiger partial charge in [-0.15, -0.1) is 0 Å². The second-order valence-corrected chi connectivity index (χ2v) is 3.70. The van der Waals surface area contributed by atoms with E-state index in [9.17, 15) is 4.39 Å². The van der Waals surface area contributed by atoms with Crippen LogP contribution in [0.15, 0.2) is 23.2 Å². The van der Waals surface area contributed by atoms with E-state index < -0.39 is 0 Å². The summed E-state index contributed by atoms with van der Waals surface area (Å²) < 4.78 is 18.5. The smallest absolute Gasteiger partial charge is 0.142 e. The first-order valence-corrected chi connectivity index (χ1v) is 4.91. The Kier molecular flexibility index (Phi) is 4.14. The van der Waals surface area contributed by atoms with Gasteiger partial charge < -0.3 is 9.64 Å². The molecule has 0 spiro atoms. The number of rotatable bonds is 4. The molecule has 1 aliphatic carbocycles. The molecule has 0 aliphatic heterocycles. The van der Waals surface area contributed by atoms with Gasteiger partial charge in [0, 0.05) is 26.4 Å². The molecule has 0 saturated carbocycles. The molecule has 1 rings (SSSR count). The molecule has 0 radical (unpaired) electrons. The molecule has 2 nitrogen and oxygen atoms in total. The van der Waals surface area contributed by atoms with Crippen molar-refractivity contribution in [1.82, 2.24) is 4.90 Å². The molecule has 0 atom stereocenters. The maximum absolute atomic E-state index is 13.5. The quantitative estimate of drug-likeness (QED) is 0.689. The van der Waals surface area contributed by atoms with E-state index in [4.69, 9.17) is 4.74 Å². The minimum absolute atomic E-state index is 0.0904. The molecule has 0 heterocycles. The second kappa shape index (κ2) is 5.15. The lowest BCUT2D eigenvalue weighted by Crippen LogP contribution is -2.24. The fourth-order valence-electron chi connectivity index (χ4n) is 1.54. The van der Waals surface area contributed by atoms with E-state index in [1.165, 1.54) is 0 Å². The van der Waals surface area contributed by atoms with Gasteiger partial charge in [0.05, 0.1) is 6.61 Å². The van der Waals surface area contributed by atoms with Crippen LogP contribution in [-0.4, -0.2) is 32.2 Å². The SMILES string of the molecule is COCCN(C)C1=C(F)C=C(C)CC1. The van der Waals surface area contributed by atoms with Crippen LogP contribution in [0.4, 0.5) is 4.39 Å². The maximum atomic E-state index is 13.5. The summed E-state index contributed by atoms with van der Waals surface area (Å²) in [6.07, 6.45) is 3.39. The predicted octanol–water partition coefficient (Wildman–Crippen LogP) is 2.49. The molecular weight excluding hydrogens is 181 g/mol. The first-order chi connectivity index (χ1) is 6.65. The van der Waals surface area contributed by atoms with Crippen molar-refractivity contribution in [3.63, 3.8) is 0 Å². The molecule has 0 aromatic carbocycles. The number of halogens is 1. The monoisotopic (exact) mass is 199 g/mol. The lowest BCUT2D eigenvalue weighted by atomic mass is 10.0. The molecule has 0 N–H and O–H groups in total. The van der Waals surface area contributed by atoms with Gasteiger partial charge in [0.15, 0.2) is 0 Å². The summed E-state index contributed by atoms with van der Waals surface area (Å²) in [5.74, 6) is -0.0904. The van der Waals surface area contributed by atoms with Crippen molar-refractivity contribution >= 4 is 0 Å². The Morgan fingerprint density at radius 3 is 2.79 bits per heavy atom. The normalized spacial score (nSPS) is 17.0. The van der Waals surface area contributed by atoms with Gasteiger partial charge in [-0.3, -0.25) is 0 Å². The number of allylic oxidation sites excluding steroid dienone is 4. The molecule has 0 saturated heterocycles. The molecule has 3 heteroatoms. The van der Waals surface area contributed by atoms with Crippen LogP contribution in [0.2, 0.25) is 0 Å². The standard InChI is InChI=1S/C11H18FNO/c1-9-4-5-11(10(12)8-9)13(2)6-7-14-3/h8H,4-7H2,1-3H3. The van der Waals surface area contributed by atoms with Gasteiger partial charge >= 0.3 is 0 Å². The number of nitrogens with zero attached hydrogens (tertiary/aromatic N) is 1. The predicted molar refractivity (Wildman–Crippen MR) is 55.6 cm³/mol. The van der Waals surface area contributed by atoms with E-state index in [0.717, 1.165) is 30.7 Å². The van der Waals surface area contributed by atoms with Gasteiger partial charge in [0.2, 0.25) is 0 Å². The van der Waals surface area contributed by atoms with Crippen LogP contribution < -0.4 is 0 Å². The third-order valence-electron chi connectivity index (χ3n) is 2.50. The van der Waals surface area contributed by atoms with Crippen LogP contribution in [0.25, 0.3) is 0 Å². The van der Waals surface area contributed by atoms with Crippen molar-refractivity contribution in [3.8, 4) is 0 Å². The molecule has 0 aromatic heterocycles. The molecule has 0 aromatic rings. The summed E-state index contributed by atoms with van der Waals surface area (Å²) in [6.45, 7) is 3.34. The largest absolute Gasteiger partial charge is 0.383 e. The first-order valence-electron chi connectivity index (χ1n) is 4.91. The highest BCUT2D eigenvalue weighted by Gasteiger charge is 2.14. The maximum Gasteiger partial charge on any atom is 0.142 e. The summed E-state index contributed by atoms with van der Waals surface area (Å²) in [5, 5.41) is 0. The van der Waals surface area contributed by atoms with E-state index in [1.54, 1.807) is 13.2 Å². The Labute approximate surface area is 85.0 Å². The zero-order chi connectivity index (χ0) is 10.6. The van der Waals surface area contributed by atoms with Crippen molar-refractivity contribution in [2.45, 2.75) is 19.8 Å². The van der Waals surface area contributed by atoms with Gasteiger partial charge in [-0.1, -0.05) is 5.57 Å². The van der Waals surface area contributed by atoms with Crippen LogP contribution in [0.1, 0.15) is 19.8 Å². The number of hydrogen-bond acceptors (Lipinski definition) is 2. The number of likely N-dealkylation sites (N-methyl/N-ethyl adjacent to an activating group) is 1. The van der Waals surface area contributed by atoms with Crippen LogP contribution >= 0.6 is 0 Å². The van der Waals surface area contributed by atoms with Crippen molar-refractivity contribution < 1.29 is 9.13 Å².